The Labute approximate surface area is 96.8 Å². The summed E-state index contributed by atoms with van der Waals surface area (Å²) in [6.45, 7) is 7.10. The van der Waals surface area contributed by atoms with E-state index in [1.807, 2.05) is 26.0 Å². The number of ether oxygens (including phenoxy) is 1. The monoisotopic (exact) mass is 221 g/mol. The lowest BCUT2D eigenvalue weighted by molar-refractivity contribution is 0.0936. The molecule has 16 heavy (non-hydrogen) atoms. The molecule has 0 aliphatic heterocycles. The zero-order valence-corrected chi connectivity index (χ0v) is 10.4. The smallest absolute Gasteiger partial charge is 0.251 e. The van der Waals surface area contributed by atoms with Crippen molar-refractivity contribution in [2.75, 3.05) is 20.3 Å². The van der Waals surface area contributed by atoms with E-state index in [2.05, 4.69) is 12.2 Å². The van der Waals surface area contributed by atoms with Crippen LogP contribution in [0.15, 0.2) is 12.1 Å². The Morgan fingerprint density at radius 1 is 1.19 bits per heavy atom. The lowest BCUT2D eigenvalue weighted by Crippen LogP contribution is -2.27. The highest BCUT2D eigenvalue weighted by Crippen LogP contribution is 2.14. The average Bonchev–Trinajstić information content (AvgIpc) is 2.23. The van der Waals surface area contributed by atoms with Crippen LogP contribution in [0.1, 0.15) is 27.0 Å². The van der Waals surface area contributed by atoms with E-state index in [4.69, 9.17) is 4.74 Å². The Morgan fingerprint density at radius 3 is 2.44 bits per heavy atom. The van der Waals surface area contributed by atoms with Gasteiger partial charge in [0.25, 0.3) is 5.91 Å². The van der Waals surface area contributed by atoms with E-state index < -0.39 is 0 Å². The predicted octanol–water partition coefficient (Wildman–Crippen LogP) is 1.99. The molecular formula is C13H19NO2. The Morgan fingerprint density at radius 2 is 1.81 bits per heavy atom. The Kier molecular flexibility index (Phi) is 4.50. The Balaban J connectivity index is 2.79. The van der Waals surface area contributed by atoms with Crippen molar-refractivity contribution >= 4 is 5.91 Å². The summed E-state index contributed by atoms with van der Waals surface area (Å²) in [6, 6.07) is 3.98. The van der Waals surface area contributed by atoms with Gasteiger partial charge in [-0.15, -0.1) is 0 Å². The number of benzene rings is 1. The zero-order chi connectivity index (χ0) is 12.1. The molecule has 0 radical (unpaired) electrons. The average molecular weight is 221 g/mol. The summed E-state index contributed by atoms with van der Waals surface area (Å²) in [5, 5.41) is 2.82. The maximum atomic E-state index is 11.8. The normalized spacial score (nSPS) is 10.2. The topological polar surface area (TPSA) is 38.3 Å². The molecule has 0 saturated heterocycles. The molecule has 0 aliphatic carbocycles. The first-order chi connectivity index (χ1) is 7.56. The molecule has 1 N–H and O–H groups in total. The number of rotatable bonds is 4. The molecule has 0 fully saturated rings. The van der Waals surface area contributed by atoms with Crippen molar-refractivity contribution in [3.05, 3.63) is 34.4 Å². The van der Waals surface area contributed by atoms with Gasteiger partial charge in [0.1, 0.15) is 0 Å². The fourth-order valence-electron chi connectivity index (χ4n) is 1.57. The van der Waals surface area contributed by atoms with Crippen LogP contribution in [0.25, 0.3) is 0 Å². The fraction of sp³-hybridized carbons (Fsp3) is 0.462. The van der Waals surface area contributed by atoms with Crippen LogP contribution in [0, 0.1) is 20.8 Å². The molecule has 0 aliphatic rings. The SMILES string of the molecule is COCCNC(=O)c1cc(C)c(C)cc1C. The van der Waals surface area contributed by atoms with E-state index in [0.717, 1.165) is 16.7 Å². The molecule has 0 unspecified atom stereocenters. The number of amides is 1. The third kappa shape index (κ3) is 3.07. The summed E-state index contributed by atoms with van der Waals surface area (Å²) < 4.78 is 4.89. The minimum atomic E-state index is -0.0300. The van der Waals surface area contributed by atoms with Gasteiger partial charge in [0.05, 0.1) is 6.61 Å². The largest absolute Gasteiger partial charge is 0.383 e. The van der Waals surface area contributed by atoms with Gasteiger partial charge in [-0.2, -0.15) is 0 Å². The van der Waals surface area contributed by atoms with Gasteiger partial charge >= 0.3 is 0 Å². The highest BCUT2D eigenvalue weighted by Gasteiger charge is 2.09. The molecule has 0 bridgehead atoms. The van der Waals surface area contributed by atoms with Gasteiger partial charge in [-0.05, 0) is 43.5 Å². The molecule has 1 aromatic carbocycles. The molecule has 1 amide bonds. The molecule has 0 aromatic heterocycles. The standard InChI is InChI=1S/C13H19NO2/c1-9-7-11(3)12(8-10(9)2)13(15)14-5-6-16-4/h7-8H,5-6H2,1-4H3,(H,14,15). The van der Waals surface area contributed by atoms with Crippen molar-refractivity contribution < 1.29 is 9.53 Å². The van der Waals surface area contributed by atoms with Gasteiger partial charge in [-0.1, -0.05) is 6.07 Å². The van der Waals surface area contributed by atoms with Crippen LogP contribution >= 0.6 is 0 Å². The second-order valence-corrected chi connectivity index (χ2v) is 4.00. The van der Waals surface area contributed by atoms with Crippen LogP contribution in [0.3, 0.4) is 0 Å². The molecule has 0 heterocycles. The van der Waals surface area contributed by atoms with Gasteiger partial charge in [0.2, 0.25) is 0 Å². The maximum Gasteiger partial charge on any atom is 0.251 e. The van der Waals surface area contributed by atoms with Crippen molar-refractivity contribution in [2.45, 2.75) is 20.8 Å². The number of hydrogen-bond donors (Lipinski definition) is 1. The summed E-state index contributed by atoms with van der Waals surface area (Å²) in [5.41, 5.74) is 4.12. The third-order valence-corrected chi connectivity index (χ3v) is 2.68. The molecular weight excluding hydrogens is 202 g/mol. The summed E-state index contributed by atoms with van der Waals surface area (Å²) in [5.74, 6) is -0.0300. The first-order valence-electron chi connectivity index (χ1n) is 5.41. The van der Waals surface area contributed by atoms with Gasteiger partial charge < -0.3 is 10.1 Å². The number of methoxy groups -OCH3 is 1. The van der Waals surface area contributed by atoms with Gasteiger partial charge in [0, 0.05) is 19.2 Å². The van der Waals surface area contributed by atoms with E-state index in [0.29, 0.717) is 13.2 Å². The first kappa shape index (κ1) is 12.7. The first-order valence-corrected chi connectivity index (χ1v) is 5.41. The molecule has 1 aromatic rings. The zero-order valence-electron chi connectivity index (χ0n) is 10.4. The number of carbonyl (C=O) groups excluding carboxylic acids is 1. The highest BCUT2D eigenvalue weighted by molar-refractivity contribution is 5.95. The fourth-order valence-corrected chi connectivity index (χ4v) is 1.57. The van der Waals surface area contributed by atoms with E-state index >= 15 is 0 Å². The molecule has 0 atom stereocenters. The Bertz CT molecular complexity index is 386. The number of carbonyl (C=O) groups is 1. The highest BCUT2D eigenvalue weighted by atomic mass is 16.5. The summed E-state index contributed by atoms with van der Waals surface area (Å²) in [7, 11) is 1.62. The second kappa shape index (κ2) is 5.66. The lowest BCUT2D eigenvalue weighted by atomic mass is 10.0. The quantitative estimate of drug-likeness (QED) is 0.790. The lowest BCUT2D eigenvalue weighted by Gasteiger charge is -2.10. The van der Waals surface area contributed by atoms with Crippen molar-refractivity contribution in [1.29, 1.82) is 0 Å². The van der Waals surface area contributed by atoms with E-state index in [-0.39, 0.29) is 5.91 Å². The Hall–Kier alpha value is -1.35. The van der Waals surface area contributed by atoms with Crippen LogP contribution in [0.2, 0.25) is 0 Å². The maximum absolute atomic E-state index is 11.8. The van der Waals surface area contributed by atoms with Crippen LogP contribution in [-0.4, -0.2) is 26.2 Å². The van der Waals surface area contributed by atoms with E-state index in [9.17, 15) is 4.79 Å². The number of hydrogen-bond acceptors (Lipinski definition) is 2. The van der Waals surface area contributed by atoms with Crippen LogP contribution in [0.4, 0.5) is 0 Å². The van der Waals surface area contributed by atoms with Crippen molar-refractivity contribution in [1.82, 2.24) is 5.32 Å². The molecule has 1 rings (SSSR count). The number of aryl methyl sites for hydroxylation is 3. The van der Waals surface area contributed by atoms with Crippen LogP contribution < -0.4 is 5.32 Å². The molecule has 0 saturated carbocycles. The third-order valence-electron chi connectivity index (χ3n) is 2.68. The van der Waals surface area contributed by atoms with Crippen LogP contribution in [0.5, 0.6) is 0 Å². The minimum absolute atomic E-state index is 0.0300. The summed E-state index contributed by atoms with van der Waals surface area (Å²) in [6.07, 6.45) is 0. The van der Waals surface area contributed by atoms with Gasteiger partial charge in [-0.25, -0.2) is 0 Å². The molecule has 0 spiro atoms. The second-order valence-electron chi connectivity index (χ2n) is 4.00. The minimum Gasteiger partial charge on any atom is -0.383 e. The number of nitrogens with one attached hydrogen (secondary N) is 1. The van der Waals surface area contributed by atoms with Crippen LogP contribution in [-0.2, 0) is 4.74 Å². The molecule has 3 nitrogen and oxygen atoms in total. The molecule has 3 heteroatoms. The van der Waals surface area contributed by atoms with Gasteiger partial charge in [-0.3, -0.25) is 4.79 Å². The van der Waals surface area contributed by atoms with Crippen molar-refractivity contribution in [2.24, 2.45) is 0 Å². The summed E-state index contributed by atoms with van der Waals surface area (Å²) >= 11 is 0. The van der Waals surface area contributed by atoms with E-state index in [1.165, 1.54) is 5.56 Å². The molecule has 88 valence electrons. The predicted molar refractivity (Wildman–Crippen MR) is 64.9 cm³/mol. The van der Waals surface area contributed by atoms with Crippen molar-refractivity contribution in [3.8, 4) is 0 Å². The van der Waals surface area contributed by atoms with Gasteiger partial charge in [0.15, 0.2) is 0 Å². The van der Waals surface area contributed by atoms with E-state index in [1.54, 1.807) is 7.11 Å². The van der Waals surface area contributed by atoms with Crippen molar-refractivity contribution in [3.63, 3.8) is 0 Å². The summed E-state index contributed by atoms with van der Waals surface area (Å²) in [4.78, 5) is 11.8.